The zero-order valence-corrected chi connectivity index (χ0v) is 20.6. The number of aromatic nitrogens is 2. The van der Waals surface area contributed by atoms with Crippen LogP contribution in [0.1, 0.15) is 25.3 Å². The maximum absolute atomic E-state index is 12.4. The molecule has 0 radical (unpaired) electrons. The quantitative estimate of drug-likeness (QED) is 0.242. The van der Waals surface area contributed by atoms with E-state index in [0.717, 1.165) is 5.56 Å². The summed E-state index contributed by atoms with van der Waals surface area (Å²) in [6.07, 6.45) is 3.12. The van der Waals surface area contributed by atoms with Crippen LogP contribution in [0, 0.1) is 0 Å². The predicted molar refractivity (Wildman–Crippen MR) is 133 cm³/mol. The zero-order chi connectivity index (χ0) is 24.2. The van der Waals surface area contributed by atoms with E-state index in [2.05, 4.69) is 34.0 Å². The third-order valence-corrected chi connectivity index (χ3v) is 6.56. The van der Waals surface area contributed by atoms with Crippen molar-refractivity contribution in [2.45, 2.75) is 35.9 Å². The molecule has 1 unspecified atom stereocenters. The van der Waals surface area contributed by atoms with Gasteiger partial charge in [0.2, 0.25) is 22.9 Å². The average molecular weight is 508 g/mol. The van der Waals surface area contributed by atoms with Crippen LogP contribution in [-0.4, -0.2) is 52.0 Å². The Bertz CT molecular complexity index is 971. The minimum absolute atomic E-state index is 0.0391. The van der Waals surface area contributed by atoms with Crippen molar-refractivity contribution in [3.8, 4) is 0 Å². The molecule has 0 bridgehead atoms. The highest BCUT2D eigenvalue weighted by atomic mass is 35.5. The first-order valence-electron chi connectivity index (χ1n) is 10.1. The second kappa shape index (κ2) is 13.8. The summed E-state index contributed by atoms with van der Waals surface area (Å²) in [5, 5.41) is 14.3. The maximum Gasteiger partial charge on any atom is 0.245 e. The molecule has 3 amide bonds. The van der Waals surface area contributed by atoms with Gasteiger partial charge in [0.25, 0.3) is 0 Å². The molecule has 0 aliphatic heterocycles. The molecule has 1 heterocycles. The first kappa shape index (κ1) is 26.6. The Morgan fingerprint density at radius 2 is 1.76 bits per heavy atom. The number of carbonyl (C=O) groups is 3. The Morgan fingerprint density at radius 1 is 1.12 bits per heavy atom. The zero-order valence-electron chi connectivity index (χ0n) is 18.3. The summed E-state index contributed by atoms with van der Waals surface area (Å²) in [4.78, 5) is 38.3. The van der Waals surface area contributed by atoms with E-state index in [1.807, 2.05) is 24.3 Å². The van der Waals surface area contributed by atoms with Gasteiger partial charge >= 0.3 is 0 Å². The molecule has 2 aromatic rings. The molecule has 0 fully saturated rings. The average Bonchev–Trinajstić information content (AvgIpc) is 3.23. The highest BCUT2D eigenvalue weighted by molar-refractivity contribution is 8.00. The number of hydrogen-bond acceptors (Lipinski definition) is 7. The molecule has 1 aromatic heterocycles. The van der Waals surface area contributed by atoms with Gasteiger partial charge in [0.05, 0.1) is 0 Å². The van der Waals surface area contributed by atoms with Crippen LogP contribution in [0.2, 0.25) is 5.02 Å². The Morgan fingerprint density at radius 3 is 2.39 bits per heavy atom. The molecule has 0 aliphatic rings. The lowest BCUT2D eigenvalue weighted by atomic mass is 10.2. The fourth-order valence-corrected chi connectivity index (χ4v) is 4.52. The van der Waals surface area contributed by atoms with Crippen molar-refractivity contribution in [3.63, 3.8) is 0 Å². The number of rotatable bonds is 13. The minimum Gasteiger partial charge on any atom is -0.345 e. The number of amides is 3. The van der Waals surface area contributed by atoms with Crippen LogP contribution in [0.15, 0.2) is 53.9 Å². The van der Waals surface area contributed by atoms with Crippen molar-refractivity contribution < 1.29 is 14.4 Å². The summed E-state index contributed by atoms with van der Waals surface area (Å²) >= 11 is 8.65. The van der Waals surface area contributed by atoms with Crippen molar-refractivity contribution >= 4 is 57.6 Å². The number of halogens is 1. The number of carbonyl (C=O) groups excluding carboxylic acids is 3. The number of benzene rings is 1. The molecule has 1 aromatic carbocycles. The van der Waals surface area contributed by atoms with Crippen LogP contribution in [-0.2, 0) is 20.1 Å². The lowest BCUT2D eigenvalue weighted by Crippen LogP contribution is -2.47. The van der Waals surface area contributed by atoms with E-state index >= 15 is 0 Å². The molecule has 0 saturated heterocycles. The molecule has 176 valence electrons. The van der Waals surface area contributed by atoms with E-state index in [1.165, 1.54) is 28.0 Å². The molecule has 0 saturated carbocycles. The summed E-state index contributed by atoms with van der Waals surface area (Å²) in [6, 6.07) is 6.82. The van der Waals surface area contributed by atoms with E-state index in [4.69, 9.17) is 11.6 Å². The van der Waals surface area contributed by atoms with E-state index in [9.17, 15) is 14.4 Å². The molecule has 0 spiro atoms. The van der Waals surface area contributed by atoms with Gasteiger partial charge in [-0.25, -0.2) is 0 Å². The van der Waals surface area contributed by atoms with Crippen molar-refractivity contribution in [2.24, 2.45) is 0 Å². The number of nitrogens with zero attached hydrogens (tertiary/aromatic N) is 3. The highest BCUT2D eigenvalue weighted by Crippen LogP contribution is 2.28. The monoisotopic (exact) mass is 507 g/mol. The fraction of sp³-hybridized carbons (Fsp3) is 0.318. The third kappa shape index (κ3) is 9.37. The first-order chi connectivity index (χ1) is 15.8. The van der Waals surface area contributed by atoms with Crippen LogP contribution in [0.4, 0.5) is 5.13 Å². The SMILES string of the molecule is C=CCN(CC=C)C(=O)C(C)NC(=O)CCC(=O)Nc1nnc(SCc2ccc(Cl)cc2)s1. The van der Waals surface area contributed by atoms with Gasteiger partial charge in [0.1, 0.15) is 6.04 Å². The Hall–Kier alpha value is -2.69. The largest absolute Gasteiger partial charge is 0.345 e. The molecule has 1 atom stereocenters. The van der Waals surface area contributed by atoms with Gasteiger partial charge in [-0.05, 0) is 24.6 Å². The Balaban J connectivity index is 1.74. The van der Waals surface area contributed by atoms with E-state index < -0.39 is 6.04 Å². The summed E-state index contributed by atoms with van der Waals surface area (Å²) in [5.74, 6) is -0.285. The summed E-state index contributed by atoms with van der Waals surface area (Å²) < 4.78 is 0.717. The maximum atomic E-state index is 12.4. The minimum atomic E-state index is -0.719. The van der Waals surface area contributed by atoms with Crippen molar-refractivity contribution in [2.75, 3.05) is 18.4 Å². The first-order valence-corrected chi connectivity index (χ1v) is 12.3. The van der Waals surface area contributed by atoms with Crippen molar-refractivity contribution in [1.82, 2.24) is 20.4 Å². The van der Waals surface area contributed by atoms with Gasteiger partial charge in [0.15, 0.2) is 4.34 Å². The van der Waals surface area contributed by atoms with Crippen LogP contribution >= 0.6 is 34.7 Å². The predicted octanol–water partition coefficient (Wildman–Crippen LogP) is 3.91. The molecular formula is C22H26ClN5O3S2. The number of anilines is 1. The van der Waals surface area contributed by atoms with Crippen LogP contribution in [0.3, 0.4) is 0 Å². The molecule has 33 heavy (non-hydrogen) atoms. The lowest BCUT2D eigenvalue weighted by molar-refractivity contribution is -0.135. The van der Waals surface area contributed by atoms with Gasteiger partial charge in [0, 0.05) is 36.7 Å². The standard InChI is InChI=1S/C22H26ClN5O3S2/c1-4-12-28(13-5-2)20(31)15(3)24-18(29)10-11-19(30)25-21-26-27-22(33-21)32-14-16-6-8-17(23)9-7-16/h4-9,15H,1-2,10-14H2,3H3,(H,24,29)(H,25,26,30). The molecule has 11 heteroatoms. The van der Waals surface area contributed by atoms with Crippen molar-refractivity contribution in [1.29, 1.82) is 0 Å². The number of thioether (sulfide) groups is 1. The van der Waals surface area contributed by atoms with Crippen LogP contribution < -0.4 is 10.6 Å². The lowest BCUT2D eigenvalue weighted by Gasteiger charge is -2.23. The molecule has 0 aliphatic carbocycles. The normalized spacial score (nSPS) is 11.3. The third-order valence-electron chi connectivity index (χ3n) is 4.27. The van der Waals surface area contributed by atoms with E-state index in [1.54, 1.807) is 19.1 Å². The van der Waals surface area contributed by atoms with Crippen LogP contribution in [0.25, 0.3) is 0 Å². The van der Waals surface area contributed by atoms with Gasteiger partial charge in [-0.2, -0.15) is 0 Å². The summed E-state index contributed by atoms with van der Waals surface area (Å²) in [6.45, 7) is 9.56. The van der Waals surface area contributed by atoms with Crippen molar-refractivity contribution in [3.05, 3.63) is 60.2 Å². The molecule has 2 rings (SSSR count). The second-order valence-electron chi connectivity index (χ2n) is 6.95. The van der Waals surface area contributed by atoms with Gasteiger partial charge in [-0.3, -0.25) is 14.4 Å². The van der Waals surface area contributed by atoms with Gasteiger partial charge in [-0.15, -0.1) is 23.4 Å². The topological polar surface area (TPSA) is 104 Å². The summed E-state index contributed by atoms with van der Waals surface area (Å²) in [5.41, 5.74) is 1.10. The fourth-order valence-electron chi connectivity index (χ4n) is 2.67. The summed E-state index contributed by atoms with van der Waals surface area (Å²) in [7, 11) is 0. The second-order valence-corrected chi connectivity index (χ2v) is 9.58. The molecule has 8 nitrogen and oxygen atoms in total. The van der Waals surface area contributed by atoms with E-state index in [0.29, 0.717) is 33.3 Å². The van der Waals surface area contributed by atoms with Crippen LogP contribution in [0.5, 0.6) is 0 Å². The number of nitrogens with one attached hydrogen (secondary N) is 2. The van der Waals surface area contributed by atoms with Gasteiger partial charge in [-0.1, -0.05) is 59.0 Å². The Labute approximate surface area is 206 Å². The highest BCUT2D eigenvalue weighted by Gasteiger charge is 2.21. The van der Waals surface area contributed by atoms with Gasteiger partial charge < -0.3 is 15.5 Å². The molecule has 2 N–H and O–H groups in total. The Kier molecular flexibility index (Phi) is 11.1. The van der Waals surface area contributed by atoms with E-state index in [-0.39, 0.29) is 30.6 Å². The number of hydrogen-bond donors (Lipinski definition) is 2. The smallest absolute Gasteiger partial charge is 0.245 e. The molecular weight excluding hydrogens is 482 g/mol.